The lowest BCUT2D eigenvalue weighted by Gasteiger charge is -2.28. The maximum Gasteiger partial charge on any atom is 0.299 e. The number of nitrogens with zero attached hydrogens (tertiary/aromatic N) is 2. The standard InChI is InChI=1S/C21H27N3O2S/c1-13-18(22-23-20(26)27-13)15-9-10-17-16(11-15)21(2,3)19(25)24(17)12-14-7-5-4-6-8-14/h9-11,13-14H,4-8,12H2,1-3H3,(H,23,26). The average molecular weight is 386 g/mol. The minimum absolute atomic E-state index is 0.00430. The van der Waals surface area contributed by atoms with E-state index in [1.54, 1.807) is 0 Å². The molecule has 2 amide bonds. The topological polar surface area (TPSA) is 61.8 Å². The number of hydrogen-bond acceptors (Lipinski definition) is 4. The second kappa shape index (κ2) is 6.97. The fraction of sp³-hybridized carbons (Fsp3) is 0.571. The van der Waals surface area contributed by atoms with Gasteiger partial charge in [-0.25, -0.2) is 5.43 Å². The van der Waals surface area contributed by atoms with Crippen molar-refractivity contribution in [1.82, 2.24) is 5.43 Å². The Morgan fingerprint density at radius 1 is 1.22 bits per heavy atom. The van der Waals surface area contributed by atoms with Crippen molar-refractivity contribution in [1.29, 1.82) is 0 Å². The molecule has 4 rings (SSSR count). The van der Waals surface area contributed by atoms with E-state index in [0.29, 0.717) is 5.92 Å². The zero-order valence-corrected chi connectivity index (χ0v) is 17.1. The lowest BCUT2D eigenvalue weighted by atomic mass is 9.85. The molecule has 0 radical (unpaired) electrons. The number of anilines is 1. The number of hydrogen-bond donors (Lipinski definition) is 1. The molecule has 1 aromatic carbocycles. The third-order valence-electron chi connectivity index (χ3n) is 6.14. The number of carbonyl (C=O) groups excluding carboxylic acids is 2. The molecule has 1 aromatic rings. The number of amides is 2. The molecular weight excluding hydrogens is 358 g/mol. The predicted octanol–water partition coefficient (Wildman–Crippen LogP) is 4.44. The highest BCUT2D eigenvalue weighted by Gasteiger charge is 2.44. The van der Waals surface area contributed by atoms with Crippen molar-refractivity contribution in [3.05, 3.63) is 29.3 Å². The third kappa shape index (κ3) is 3.28. The van der Waals surface area contributed by atoms with E-state index in [9.17, 15) is 9.59 Å². The van der Waals surface area contributed by atoms with Crippen LogP contribution in [0.4, 0.5) is 10.5 Å². The monoisotopic (exact) mass is 385 g/mol. The quantitative estimate of drug-likeness (QED) is 0.837. The average Bonchev–Trinajstić information content (AvgIpc) is 2.83. The van der Waals surface area contributed by atoms with Crippen molar-refractivity contribution in [2.45, 2.75) is 63.5 Å². The largest absolute Gasteiger partial charge is 0.311 e. The molecule has 27 heavy (non-hydrogen) atoms. The summed E-state index contributed by atoms with van der Waals surface area (Å²) in [7, 11) is 0. The Bertz CT molecular complexity index is 812. The molecule has 1 saturated carbocycles. The van der Waals surface area contributed by atoms with Gasteiger partial charge >= 0.3 is 0 Å². The molecule has 6 heteroatoms. The number of hydrazone groups is 1. The van der Waals surface area contributed by atoms with E-state index in [1.165, 1.54) is 43.9 Å². The number of thioether (sulfide) groups is 1. The molecule has 3 aliphatic rings. The number of benzene rings is 1. The van der Waals surface area contributed by atoms with Crippen LogP contribution >= 0.6 is 11.8 Å². The third-order valence-corrected chi connectivity index (χ3v) is 7.02. The van der Waals surface area contributed by atoms with Gasteiger partial charge in [-0.3, -0.25) is 9.59 Å². The van der Waals surface area contributed by atoms with E-state index in [1.807, 2.05) is 31.7 Å². The van der Waals surface area contributed by atoms with E-state index in [-0.39, 0.29) is 16.4 Å². The van der Waals surface area contributed by atoms with Gasteiger partial charge in [0.25, 0.3) is 5.24 Å². The first kappa shape index (κ1) is 18.5. The Morgan fingerprint density at radius 2 is 1.96 bits per heavy atom. The van der Waals surface area contributed by atoms with E-state index in [4.69, 9.17) is 0 Å². The molecule has 0 saturated heterocycles. The number of fused-ring (bicyclic) bond motifs is 1. The van der Waals surface area contributed by atoms with Gasteiger partial charge in [-0.05, 0) is 62.8 Å². The van der Waals surface area contributed by atoms with Crippen LogP contribution in [0.2, 0.25) is 0 Å². The van der Waals surface area contributed by atoms with Crippen LogP contribution in [0.5, 0.6) is 0 Å². The molecule has 2 heterocycles. The molecule has 0 bridgehead atoms. The van der Waals surface area contributed by atoms with Crippen LogP contribution in [0.3, 0.4) is 0 Å². The zero-order valence-electron chi connectivity index (χ0n) is 16.2. The van der Waals surface area contributed by atoms with Crippen LogP contribution < -0.4 is 10.3 Å². The van der Waals surface area contributed by atoms with Gasteiger partial charge < -0.3 is 4.90 Å². The second-order valence-corrected chi connectivity index (χ2v) is 9.75. The molecule has 0 spiro atoms. The van der Waals surface area contributed by atoms with Gasteiger partial charge in [0.15, 0.2) is 0 Å². The Balaban J connectivity index is 1.66. The summed E-state index contributed by atoms with van der Waals surface area (Å²) in [5, 5.41) is 4.14. The SMILES string of the molecule is CC1SC(=O)NN=C1c1ccc2c(c1)C(C)(C)C(=O)N2CC1CCCCC1. The van der Waals surface area contributed by atoms with Gasteiger partial charge in [-0.1, -0.05) is 37.1 Å². The van der Waals surface area contributed by atoms with Crippen molar-refractivity contribution < 1.29 is 9.59 Å². The van der Waals surface area contributed by atoms with Gasteiger partial charge in [0.05, 0.1) is 16.4 Å². The summed E-state index contributed by atoms with van der Waals surface area (Å²) in [6, 6.07) is 6.20. The first-order chi connectivity index (χ1) is 12.9. The van der Waals surface area contributed by atoms with Gasteiger partial charge in [-0.2, -0.15) is 5.10 Å². The van der Waals surface area contributed by atoms with Gasteiger partial charge in [0.2, 0.25) is 5.91 Å². The maximum atomic E-state index is 13.2. The first-order valence-corrected chi connectivity index (χ1v) is 10.8. The fourth-order valence-corrected chi connectivity index (χ4v) is 5.26. The van der Waals surface area contributed by atoms with E-state index < -0.39 is 5.41 Å². The van der Waals surface area contributed by atoms with Gasteiger partial charge in [0, 0.05) is 12.2 Å². The lowest BCUT2D eigenvalue weighted by molar-refractivity contribution is -0.122. The van der Waals surface area contributed by atoms with E-state index in [0.717, 1.165) is 29.1 Å². The predicted molar refractivity (Wildman–Crippen MR) is 111 cm³/mol. The number of carbonyl (C=O) groups is 2. The zero-order chi connectivity index (χ0) is 19.2. The maximum absolute atomic E-state index is 13.2. The molecule has 144 valence electrons. The minimum Gasteiger partial charge on any atom is -0.311 e. The Morgan fingerprint density at radius 3 is 2.67 bits per heavy atom. The highest BCUT2D eigenvalue weighted by molar-refractivity contribution is 8.14. The summed E-state index contributed by atoms with van der Waals surface area (Å²) in [5.41, 5.74) is 5.97. The molecule has 5 nitrogen and oxygen atoms in total. The normalized spacial score (nSPS) is 25.2. The minimum atomic E-state index is -0.533. The van der Waals surface area contributed by atoms with Crippen LogP contribution in [-0.4, -0.2) is 28.7 Å². The molecule has 1 aliphatic carbocycles. The van der Waals surface area contributed by atoms with E-state index >= 15 is 0 Å². The lowest BCUT2D eigenvalue weighted by Crippen LogP contribution is -2.39. The van der Waals surface area contributed by atoms with Crippen molar-refractivity contribution in [2.75, 3.05) is 11.4 Å². The van der Waals surface area contributed by atoms with E-state index in [2.05, 4.69) is 22.7 Å². The van der Waals surface area contributed by atoms with Crippen LogP contribution in [0.1, 0.15) is 64.0 Å². The van der Waals surface area contributed by atoms with Crippen LogP contribution in [0, 0.1) is 5.92 Å². The van der Waals surface area contributed by atoms with Crippen LogP contribution in [-0.2, 0) is 10.2 Å². The van der Waals surface area contributed by atoms with Crippen molar-refractivity contribution >= 4 is 34.3 Å². The highest BCUT2D eigenvalue weighted by Crippen LogP contribution is 2.43. The van der Waals surface area contributed by atoms with Gasteiger partial charge in [0.1, 0.15) is 0 Å². The summed E-state index contributed by atoms with van der Waals surface area (Å²) in [6.07, 6.45) is 6.34. The Hall–Kier alpha value is -1.82. The summed E-state index contributed by atoms with van der Waals surface area (Å²) in [4.78, 5) is 26.7. The van der Waals surface area contributed by atoms with Gasteiger partial charge in [-0.15, -0.1) is 0 Å². The summed E-state index contributed by atoms with van der Waals surface area (Å²) >= 11 is 1.24. The van der Waals surface area contributed by atoms with Crippen LogP contribution in [0.25, 0.3) is 0 Å². The molecule has 1 atom stereocenters. The van der Waals surface area contributed by atoms with Crippen molar-refractivity contribution in [3.63, 3.8) is 0 Å². The Labute approximate surface area is 165 Å². The second-order valence-electron chi connectivity index (χ2n) is 8.43. The number of rotatable bonds is 3. The smallest absolute Gasteiger partial charge is 0.299 e. The summed E-state index contributed by atoms with van der Waals surface area (Å²) in [6.45, 7) is 6.85. The summed E-state index contributed by atoms with van der Waals surface area (Å²) < 4.78 is 0. The fourth-order valence-electron chi connectivity index (χ4n) is 4.54. The van der Waals surface area contributed by atoms with Crippen LogP contribution in [0.15, 0.2) is 23.3 Å². The highest BCUT2D eigenvalue weighted by atomic mass is 32.2. The molecule has 1 N–H and O–H groups in total. The van der Waals surface area contributed by atoms with Crippen molar-refractivity contribution in [3.8, 4) is 0 Å². The molecular formula is C21H27N3O2S. The molecule has 1 unspecified atom stereocenters. The molecule has 1 fully saturated rings. The first-order valence-electron chi connectivity index (χ1n) is 9.89. The molecule has 0 aromatic heterocycles. The molecule has 2 aliphatic heterocycles. The van der Waals surface area contributed by atoms with Crippen molar-refractivity contribution in [2.24, 2.45) is 11.0 Å². The Kier molecular flexibility index (Phi) is 4.78. The number of nitrogens with one attached hydrogen (secondary N) is 1. The summed E-state index contributed by atoms with van der Waals surface area (Å²) in [5.74, 6) is 0.806.